The van der Waals surface area contributed by atoms with Crippen LogP contribution in [0.2, 0.25) is 0 Å². The maximum Gasteiger partial charge on any atom is 0.264 e. The molecule has 3 aromatic rings. The summed E-state index contributed by atoms with van der Waals surface area (Å²) in [4.78, 5) is 12.4. The lowest BCUT2D eigenvalue weighted by atomic mass is 10.2. The van der Waals surface area contributed by atoms with E-state index < -0.39 is 6.10 Å². The Balaban J connectivity index is 1.35. The molecule has 0 aromatic heterocycles. The molecular weight excluding hydrogens is 361 g/mol. The minimum atomic E-state index is -0.700. The Kier molecular flexibility index (Phi) is 5.10. The van der Waals surface area contributed by atoms with Gasteiger partial charge in [-0.3, -0.25) is 4.79 Å². The number of hydrogen-bond acceptors (Lipinski definition) is 4. The van der Waals surface area contributed by atoms with E-state index in [2.05, 4.69) is 5.32 Å². The lowest BCUT2D eigenvalue weighted by Crippen LogP contribution is -2.43. The Bertz CT molecular complexity index is 974. The topological polar surface area (TPSA) is 56.8 Å². The van der Waals surface area contributed by atoms with Crippen LogP contribution in [-0.2, 0) is 11.3 Å². The summed E-state index contributed by atoms with van der Waals surface area (Å²) in [5, 5.41) is 2.85. The van der Waals surface area contributed by atoms with Gasteiger partial charge in [-0.15, -0.1) is 0 Å². The van der Waals surface area contributed by atoms with Crippen molar-refractivity contribution in [2.45, 2.75) is 12.6 Å². The van der Waals surface area contributed by atoms with Gasteiger partial charge >= 0.3 is 0 Å². The molecule has 0 fully saturated rings. The third kappa shape index (κ3) is 4.23. The predicted octanol–water partition coefficient (Wildman–Crippen LogP) is 4.07. The summed E-state index contributed by atoms with van der Waals surface area (Å²) in [5.41, 5.74) is 0.866. The SMILES string of the molecule is O=C(NCc1cccc(Oc2ccc(F)cc2)c1)C1COc2ccccc2O1. The van der Waals surface area contributed by atoms with Crippen LogP contribution in [0.1, 0.15) is 5.56 Å². The standard InChI is InChI=1S/C22H18FNO4/c23-16-8-10-17(11-9-16)27-18-5-3-4-15(12-18)13-24-22(25)21-14-26-19-6-1-2-7-20(19)28-21/h1-12,21H,13-14H2,(H,24,25). The number of hydrogen-bond donors (Lipinski definition) is 1. The Morgan fingerprint density at radius 1 is 1.00 bits per heavy atom. The molecule has 5 nitrogen and oxygen atoms in total. The molecule has 0 saturated heterocycles. The smallest absolute Gasteiger partial charge is 0.264 e. The zero-order chi connectivity index (χ0) is 19.3. The van der Waals surface area contributed by atoms with Crippen molar-refractivity contribution in [3.63, 3.8) is 0 Å². The number of rotatable bonds is 5. The van der Waals surface area contributed by atoms with E-state index in [1.54, 1.807) is 30.3 Å². The molecule has 1 aliphatic heterocycles. The number of halogens is 1. The molecule has 1 heterocycles. The van der Waals surface area contributed by atoms with Crippen LogP contribution in [-0.4, -0.2) is 18.6 Å². The van der Waals surface area contributed by atoms with Crippen LogP contribution in [0.5, 0.6) is 23.0 Å². The zero-order valence-electron chi connectivity index (χ0n) is 14.9. The van der Waals surface area contributed by atoms with Gasteiger partial charge in [0.2, 0.25) is 6.10 Å². The summed E-state index contributed by atoms with van der Waals surface area (Å²) in [5.74, 6) is 1.76. The second kappa shape index (κ2) is 8.00. The van der Waals surface area contributed by atoms with Crippen LogP contribution in [0.15, 0.2) is 72.8 Å². The average Bonchev–Trinajstić information content (AvgIpc) is 2.73. The van der Waals surface area contributed by atoms with Crippen molar-refractivity contribution in [2.24, 2.45) is 0 Å². The first-order valence-corrected chi connectivity index (χ1v) is 8.86. The fourth-order valence-electron chi connectivity index (χ4n) is 2.81. The van der Waals surface area contributed by atoms with Crippen molar-refractivity contribution in [1.82, 2.24) is 5.32 Å². The van der Waals surface area contributed by atoms with Gasteiger partial charge in [0, 0.05) is 6.54 Å². The summed E-state index contributed by atoms with van der Waals surface area (Å²) < 4.78 is 30.0. The summed E-state index contributed by atoms with van der Waals surface area (Å²) in [6, 6.07) is 20.4. The van der Waals surface area contributed by atoms with Crippen molar-refractivity contribution in [3.05, 3.63) is 84.2 Å². The molecule has 1 atom stereocenters. The predicted molar refractivity (Wildman–Crippen MR) is 101 cm³/mol. The van der Waals surface area contributed by atoms with E-state index in [0.29, 0.717) is 29.5 Å². The van der Waals surface area contributed by atoms with Crippen molar-refractivity contribution in [1.29, 1.82) is 0 Å². The molecule has 0 bridgehead atoms. The molecule has 0 aliphatic carbocycles. The lowest BCUT2D eigenvalue weighted by Gasteiger charge is -2.25. The fraction of sp³-hybridized carbons (Fsp3) is 0.136. The lowest BCUT2D eigenvalue weighted by molar-refractivity contribution is -0.130. The van der Waals surface area contributed by atoms with Crippen LogP contribution in [0.25, 0.3) is 0 Å². The van der Waals surface area contributed by atoms with Gasteiger partial charge in [-0.2, -0.15) is 0 Å². The quantitative estimate of drug-likeness (QED) is 0.726. The number of amides is 1. The molecule has 3 aromatic carbocycles. The zero-order valence-corrected chi connectivity index (χ0v) is 14.9. The van der Waals surface area contributed by atoms with Gasteiger partial charge in [0.25, 0.3) is 5.91 Å². The van der Waals surface area contributed by atoms with Gasteiger partial charge < -0.3 is 19.5 Å². The molecule has 142 valence electrons. The van der Waals surface area contributed by atoms with E-state index >= 15 is 0 Å². The van der Waals surface area contributed by atoms with Gasteiger partial charge in [0.15, 0.2) is 11.5 Å². The Labute approximate surface area is 161 Å². The molecular formula is C22H18FNO4. The van der Waals surface area contributed by atoms with Crippen LogP contribution in [0.3, 0.4) is 0 Å². The monoisotopic (exact) mass is 379 g/mol. The van der Waals surface area contributed by atoms with E-state index in [4.69, 9.17) is 14.2 Å². The number of para-hydroxylation sites is 2. The summed E-state index contributed by atoms with van der Waals surface area (Å²) in [6.45, 7) is 0.484. The third-order valence-electron chi connectivity index (χ3n) is 4.22. The molecule has 1 amide bonds. The highest BCUT2D eigenvalue weighted by Gasteiger charge is 2.26. The second-order valence-corrected chi connectivity index (χ2v) is 6.29. The second-order valence-electron chi connectivity index (χ2n) is 6.29. The Hall–Kier alpha value is -3.54. The van der Waals surface area contributed by atoms with Gasteiger partial charge in [-0.25, -0.2) is 4.39 Å². The van der Waals surface area contributed by atoms with Crippen LogP contribution < -0.4 is 19.5 Å². The van der Waals surface area contributed by atoms with Crippen molar-refractivity contribution in [3.8, 4) is 23.0 Å². The van der Waals surface area contributed by atoms with Crippen LogP contribution in [0.4, 0.5) is 4.39 Å². The molecule has 1 N–H and O–H groups in total. The third-order valence-corrected chi connectivity index (χ3v) is 4.22. The first-order valence-electron chi connectivity index (χ1n) is 8.86. The number of benzene rings is 3. The van der Waals surface area contributed by atoms with Gasteiger partial charge in [-0.1, -0.05) is 24.3 Å². The first kappa shape index (κ1) is 17.9. The highest BCUT2D eigenvalue weighted by atomic mass is 19.1. The minimum Gasteiger partial charge on any atom is -0.485 e. The number of carbonyl (C=O) groups is 1. The van der Waals surface area contributed by atoms with Crippen LogP contribution in [0, 0.1) is 5.82 Å². The maximum atomic E-state index is 13.0. The highest BCUT2D eigenvalue weighted by molar-refractivity contribution is 5.81. The summed E-state index contributed by atoms with van der Waals surface area (Å²) in [6.07, 6.45) is -0.700. The summed E-state index contributed by atoms with van der Waals surface area (Å²) in [7, 11) is 0. The van der Waals surface area contributed by atoms with E-state index in [-0.39, 0.29) is 18.3 Å². The van der Waals surface area contributed by atoms with Crippen molar-refractivity contribution >= 4 is 5.91 Å². The maximum absolute atomic E-state index is 13.0. The Morgan fingerprint density at radius 2 is 1.79 bits per heavy atom. The molecule has 0 radical (unpaired) electrons. The van der Waals surface area contributed by atoms with Crippen LogP contribution >= 0.6 is 0 Å². The number of fused-ring (bicyclic) bond motifs is 1. The fourth-order valence-corrected chi connectivity index (χ4v) is 2.81. The number of nitrogens with one attached hydrogen (secondary N) is 1. The van der Waals surface area contributed by atoms with Crippen molar-refractivity contribution in [2.75, 3.05) is 6.61 Å². The van der Waals surface area contributed by atoms with E-state index in [9.17, 15) is 9.18 Å². The molecule has 6 heteroatoms. The van der Waals surface area contributed by atoms with Gasteiger partial charge in [-0.05, 0) is 54.1 Å². The minimum absolute atomic E-state index is 0.163. The first-order chi connectivity index (χ1) is 13.7. The molecule has 1 aliphatic rings. The molecule has 0 saturated carbocycles. The Morgan fingerprint density at radius 3 is 2.61 bits per heavy atom. The number of carbonyl (C=O) groups excluding carboxylic acids is 1. The molecule has 4 rings (SSSR count). The van der Waals surface area contributed by atoms with Crippen molar-refractivity contribution < 1.29 is 23.4 Å². The highest BCUT2D eigenvalue weighted by Crippen LogP contribution is 2.31. The van der Waals surface area contributed by atoms with E-state index in [0.717, 1.165) is 5.56 Å². The largest absolute Gasteiger partial charge is 0.485 e. The molecule has 28 heavy (non-hydrogen) atoms. The van der Waals surface area contributed by atoms with E-state index in [1.165, 1.54) is 12.1 Å². The number of ether oxygens (including phenoxy) is 3. The van der Waals surface area contributed by atoms with Gasteiger partial charge in [0.1, 0.15) is 23.9 Å². The molecule has 0 spiro atoms. The molecule has 1 unspecified atom stereocenters. The summed E-state index contributed by atoms with van der Waals surface area (Å²) >= 11 is 0. The average molecular weight is 379 g/mol. The van der Waals surface area contributed by atoms with Gasteiger partial charge in [0.05, 0.1) is 0 Å². The normalized spacial score (nSPS) is 15.0. The van der Waals surface area contributed by atoms with E-state index in [1.807, 2.05) is 30.3 Å².